The first-order chi connectivity index (χ1) is 11.1. The normalized spacial score (nSPS) is 22.7. The molecule has 1 atom stereocenters. The van der Waals surface area contributed by atoms with Crippen LogP contribution in [0.15, 0.2) is 0 Å². The van der Waals surface area contributed by atoms with E-state index in [1.807, 2.05) is 9.80 Å². The van der Waals surface area contributed by atoms with E-state index in [2.05, 4.69) is 13.8 Å². The van der Waals surface area contributed by atoms with Crippen LogP contribution < -0.4 is 0 Å². The average molecular weight is 357 g/mol. The van der Waals surface area contributed by atoms with Crippen LogP contribution in [0.5, 0.6) is 0 Å². The monoisotopic (exact) mass is 356 g/mol. The summed E-state index contributed by atoms with van der Waals surface area (Å²) in [6.07, 6.45) is 7.87. The Morgan fingerprint density at radius 2 is 1.83 bits per heavy atom. The molecule has 0 aromatic heterocycles. The molecule has 1 aliphatic carbocycles. The van der Waals surface area contributed by atoms with Gasteiger partial charge in [-0.1, -0.05) is 57.1 Å². The number of hydrogen-bond acceptors (Lipinski definition) is 4. The molecule has 4 nitrogen and oxygen atoms in total. The molecule has 2 fully saturated rings. The van der Waals surface area contributed by atoms with Crippen LogP contribution >= 0.6 is 24.0 Å². The lowest BCUT2D eigenvalue weighted by Gasteiger charge is -2.30. The summed E-state index contributed by atoms with van der Waals surface area (Å²) in [6.45, 7) is 5.70. The molecule has 0 aromatic rings. The number of thioether (sulfide) groups is 1. The van der Waals surface area contributed by atoms with Gasteiger partial charge in [0.15, 0.2) is 0 Å². The zero-order valence-electron chi connectivity index (χ0n) is 14.3. The van der Waals surface area contributed by atoms with Gasteiger partial charge < -0.3 is 4.90 Å². The Morgan fingerprint density at radius 3 is 2.39 bits per heavy atom. The second-order valence-electron chi connectivity index (χ2n) is 6.46. The van der Waals surface area contributed by atoms with E-state index < -0.39 is 0 Å². The molecule has 1 heterocycles. The summed E-state index contributed by atoms with van der Waals surface area (Å²) in [7, 11) is 0. The zero-order chi connectivity index (χ0) is 16.8. The van der Waals surface area contributed by atoms with Gasteiger partial charge in [-0.05, 0) is 25.7 Å². The van der Waals surface area contributed by atoms with Gasteiger partial charge in [0.2, 0.25) is 11.8 Å². The summed E-state index contributed by atoms with van der Waals surface area (Å²) >= 11 is 6.86. The predicted octanol–water partition coefficient (Wildman–Crippen LogP) is 3.59. The molecule has 1 aliphatic heterocycles. The van der Waals surface area contributed by atoms with Gasteiger partial charge in [0, 0.05) is 25.6 Å². The minimum Gasteiger partial charge on any atom is -0.343 e. The molecule has 0 spiro atoms. The lowest BCUT2D eigenvalue weighted by Crippen LogP contribution is -2.42. The highest BCUT2D eigenvalue weighted by Crippen LogP contribution is 2.35. The smallest absolute Gasteiger partial charge is 0.242 e. The van der Waals surface area contributed by atoms with E-state index in [0.717, 1.165) is 38.8 Å². The van der Waals surface area contributed by atoms with Crippen molar-refractivity contribution in [3.05, 3.63) is 0 Å². The third-order valence-corrected chi connectivity index (χ3v) is 6.13. The Morgan fingerprint density at radius 1 is 1.22 bits per heavy atom. The molecule has 130 valence electrons. The molecule has 2 amide bonds. The van der Waals surface area contributed by atoms with Gasteiger partial charge in [0.25, 0.3) is 0 Å². The molecule has 23 heavy (non-hydrogen) atoms. The van der Waals surface area contributed by atoms with Crippen LogP contribution in [0, 0.1) is 0 Å². The summed E-state index contributed by atoms with van der Waals surface area (Å²) in [6, 6.07) is 0.263. The van der Waals surface area contributed by atoms with Crippen molar-refractivity contribution in [3.8, 4) is 0 Å². The van der Waals surface area contributed by atoms with Crippen LogP contribution in [-0.4, -0.2) is 50.3 Å². The van der Waals surface area contributed by atoms with Gasteiger partial charge in [0.05, 0.1) is 5.25 Å². The van der Waals surface area contributed by atoms with Crippen molar-refractivity contribution in [2.75, 3.05) is 13.1 Å². The van der Waals surface area contributed by atoms with Crippen LogP contribution in [-0.2, 0) is 9.59 Å². The number of hydrogen-bond donors (Lipinski definition) is 0. The molecule has 6 heteroatoms. The largest absolute Gasteiger partial charge is 0.343 e. The zero-order valence-corrected chi connectivity index (χ0v) is 15.9. The van der Waals surface area contributed by atoms with Crippen molar-refractivity contribution in [1.29, 1.82) is 0 Å². The second kappa shape index (κ2) is 9.02. The van der Waals surface area contributed by atoms with Crippen molar-refractivity contribution >= 4 is 40.1 Å². The van der Waals surface area contributed by atoms with E-state index in [1.54, 1.807) is 0 Å². The molecular formula is C17H28N2O2S2. The summed E-state index contributed by atoms with van der Waals surface area (Å²) in [5.74, 6) is 0.154. The van der Waals surface area contributed by atoms with Crippen LogP contribution in [0.1, 0.15) is 65.2 Å². The second-order valence-corrected chi connectivity index (χ2v) is 8.29. The molecule has 0 N–H and O–H groups in total. The molecule has 1 saturated heterocycles. The molecule has 1 saturated carbocycles. The van der Waals surface area contributed by atoms with Gasteiger partial charge in [0.1, 0.15) is 4.32 Å². The van der Waals surface area contributed by atoms with Gasteiger partial charge in [-0.2, -0.15) is 0 Å². The Balaban J connectivity index is 1.96. The molecule has 1 unspecified atom stereocenters. The van der Waals surface area contributed by atoms with Gasteiger partial charge in [-0.3, -0.25) is 14.5 Å². The Labute approximate surface area is 149 Å². The first-order valence-corrected chi connectivity index (χ1v) is 10.2. The summed E-state index contributed by atoms with van der Waals surface area (Å²) in [5.41, 5.74) is 0. The summed E-state index contributed by atoms with van der Waals surface area (Å²) in [5, 5.41) is -0.312. The van der Waals surface area contributed by atoms with Crippen LogP contribution in [0.3, 0.4) is 0 Å². The lowest BCUT2D eigenvalue weighted by atomic mass is 9.94. The van der Waals surface area contributed by atoms with Crippen molar-refractivity contribution in [3.63, 3.8) is 0 Å². The first-order valence-electron chi connectivity index (χ1n) is 8.89. The topological polar surface area (TPSA) is 40.6 Å². The van der Waals surface area contributed by atoms with Gasteiger partial charge >= 0.3 is 0 Å². The van der Waals surface area contributed by atoms with E-state index in [9.17, 15) is 9.59 Å². The summed E-state index contributed by atoms with van der Waals surface area (Å²) in [4.78, 5) is 29.0. The van der Waals surface area contributed by atoms with Crippen molar-refractivity contribution in [2.24, 2.45) is 0 Å². The highest BCUT2D eigenvalue weighted by Gasteiger charge is 2.42. The fourth-order valence-corrected chi connectivity index (χ4v) is 5.08. The highest BCUT2D eigenvalue weighted by molar-refractivity contribution is 8.24. The first kappa shape index (κ1) is 18.7. The quantitative estimate of drug-likeness (QED) is 0.654. The number of carbonyl (C=O) groups excluding carboxylic acids is 2. The average Bonchev–Trinajstić information content (AvgIpc) is 2.82. The maximum Gasteiger partial charge on any atom is 0.242 e. The van der Waals surface area contributed by atoms with E-state index in [0.29, 0.717) is 4.32 Å². The van der Waals surface area contributed by atoms with Gasteiger partial charge in [-0.25, -0.2) is 0 Å². The summed E-state index contributed by atoms with van der Waals surface area (Å²) < 4.78 is 0.678. The van der Waals surface area contributed by atoms with E-state index in [-0.39, 0.29) is 29.5 Å². The van der Waals surface area contributed by atoms with Crippen LogP contribution in [0.25, 0.3) is 0 Å². The number of nitrogens with zero attached hydrogens (tertiary/aromatic N) is 2. The molecular weight excluding hydrogens is 328 g/mol. The third-order valence-electron chi connectivity index (χ3n) is 4.59. The Kier molecular flexibility index (Phi) is 7.34. The van der Waals surface area contributed by atoms with Crippen LogP contribution in [0.2, 0.25) is 0 Å². The standard InChI is InChI=1S/C17H28N2O2S2/c1-3-10-18(11-4-2)15(20)12-14-16(21)19(17(22)23-14)13-8-6-5-7-9-13/h13-14H,3-12H2,1-2H3. The fourth-order valence-electron chi connectivity index (χ4n) is 3.46. The molecule has 0 aromatic carbocycles. The van der Waals surface area contributed by atoms with Gasteiger partial charge in [-0.15, -0.1) is 0 Å². The highest BCUT2D eigenvalue weighted by atomic mass is 32.2. The number of carbonyl (C=O) groups is 2. The minimum atomic E-state index is -0.312. The van der Waals surface area contributed by atoms with Crippen LogP contribution in [0.4, 0.5) is 0 Å². The maximum absolute atomic E-state index is 12.7. The minimum absolute atomic E-state index is 0.0631. The number of amides is 2. The third kappa shape index (κ3) is 4.69. The Hall–Kier alpha value is -0.620. The Bertz CT molecular complexity index is 444. The van der Waals surface area contributed by atoms with E-state index in [1.165, 1.54) is 31.0 Å². The van der Waals surface area contributed by atoms with Crippen molar-refractivity contribution < 1.29 is 9.59 Å². The van der Waals surface area contributed by atoms with Crippen molar-refractivity contribution in [2.45, 2.75) is 76.5 Å². The maximum atomic E-state index is 12.7. The SMILES string of the molecule is CCCN(CCC)C(=O)CC1SC(=S)N(C2CCCCC2)C1=O. The fraction of sp³-hybridized carbons (Fsp3) is 0.824. The molecule has 2 aliphatic rings. The molecule has 0 bridgehead atoms. The molecule has 0 radical (unpaired) electrons. The predicted molar refractivity (Wildman–Crippen MR) is 99.5 cm³/mol. The lowest BCUT2D eigenvalue weighted by molar-refractivity contribution is -0.135. The number of rotatable bonds is 7. The number of thiocarbonyl (C=S) groups is 1. The van der Waals surface area contributed by atoms with Crippen molar-refractivity contribution in [1.82, 2.24) is 9.80 Å². The molecule has 2 rings (SSSR count). The van der Waals surface area contributed by atoms with E-state index in [4.69, 9.17) is 12.2 Å². The van der Waals surface area contributed by atoms with E-state index >= 15 is 0 Å².